The zero-order chi connectivity index (χ0) is 31.6. The van der Waals surface area contributed by atoms with Gasteiger partial charge in [0.25, 0.3) is 11.8 Å². The molecule has 5 aromatic rings. The van der Waals surface area contributed by atoms with Crippen LogP contribution >= 0.6 is 35.0 Å². The first-order chi connectivity index (χ1) is 21.8. The van der Waals surface area contributed by atoms with Crippen LogP contribution in [-0.4, -0.2) is 17.7 Å². The standard InChI is InChI=1S/C36H27Cl2N3O3S/c37-27-16-14-24(15-17-27)22-32(41-34(42)26-10-5-2-6-11-26)35(43)40-30-12-7-13-31(23-30)45-33(25-8-3-1-4-9-25)36(44)39-29-20-18-28(38)19-21-29/h1-23,33H,(H,39,44)(H,40,43)(H,41,42)/b32-22-. The fraction of sp³-hybridized carbons (Fsp3) is 0.0278. The molecule has 0 aliphatic carbocycles. The molecule has 3 N–H and O–H groups in total. The largest absolute Gasteiger partial charge is 0.325 e. The van der Waals surface area contributed by atoms with Crippen molar-refractivity contribution < 1.29 is 14.4 Å². The molecule has 3 amide bonds. The SMILES string of the molecule is O=C(Nc1cccc(SC(C(=O)Nc2ccc(Cl)cc2)c2ccccc2)c1)/C(=C/c1ccc(Cl)cc1)NC(=O)c1ccccc1. The van der Waals surface area contributed by atoms with E-state index in [-0.39, 0.29) is 11.6 Å². The highest BCUT2D eigenvalue weighted by Crippen LogP contribution is 2.37. The van der Waals surface area contributed by atoms with Gasteiger partial charge in [-0.05, 0) is 83.9 Å². The Hall–Kier alpha value is -4.82. The fourth-order valence-electron chi connectivity index (χ4n) is 4.29. The third-order valence-corrected chi connectivity index (χ3v) is 8.26. The van der Waals surface area contributed by atoms with Gasteiger partial charge in [0, 0.05) is 31.9 Å². The molecule has 6 nitrogen and oxygen atoms in total. The Morgan fingerprint density at radius 2 is 1.27 bits per heavy atom. The van der Waals surface area contributed by atoms with E-state index in [1.807, 2.05) is 42.5 Å². The van der Waals surface area contributed by atoms with Crippen molar-refractivity contribution in [3.63, 3.8) is 0 Å². The Morgan fingerprint density at radius 1 is 0.644 bits per heavy atom. The van der Waals surface area contributed by atoms with Gasteiger partial charge in [0.15, 0.2) is 0 Å². The number of halogens is 2. The van der Waals surface area contributed by atoms with Crippen molar-refractivity contribution >= 4 is 70.1 Å². The molecule has 1 atom stereocenters. The number of anilines is 2. The molecule has 45 heavy (non-hydrogen) atoms. The first-order valence-corrected chi connectivity index (χ1v) is 15.5. The second-order valence-electron chi connectivity index (χ2n) is 9.82. The van der Waals surface area contributed by atoms with Crippen LogP contribution in [0, 0.1) is 0 Å². The van der Waals surface area contributed by atoms with Gasteiger partial charge >= 0.3 is 0 Å². The molecule has 0 saturated carbocycles. The lowest BCUT2D eigenvalue weighted by Crippen LogP contribution is -2.30. The van der Waals surface area contributed by atoms with Crippen molar-refractivity contribution in [3.05, 3.63) is 166 Å². The monoisotopic (exact) mass is 651 g/mol. The average molecular weight is 653 g/mol. The van der Waals surface area contributed by atoms with Crippen molar-refractivity contribution in [3.8, 4) is 0 Å². The van der Waals surface area contributed by atoms with Gasteiger partial charge in [-0.25, -0.2) is 0 Å². The number of rotatable bonds is 10. The summed E-state index contributed by atoms with van der Waals surface area (Å²) in [5, 5.41) is 9.13. The minimum atomic E-state index is -0.585. The van der Waals surface area contributed by atoms with Crippen LogP contribution in [0.4, 0.5) is 11.4 Å². The Balaban J connectivity index is 1.37. The molecule has 0 bridgehead atoms. The third kappa shape index (κ3) is 9.09. The van der Waals surface area contributed by atoms with E-state index in [2.05, 4.69) is 16.0 Å². The van der Waals surface area contributed by atoms with Gasteiger partial charge in [-0.2, -0.15) is 0 Å². The van der Waals surface area contributed by atoms with E-state index in [0.717, 1.165) is 10.5 Å². The summed E-state index contributed by atoms with van der Waals surface area (Å²) in [5.41, 5.74) is 3.08. The van der Waals surface area contributed by atoms with Gasteiger partial charge in [0.05, 0.1) is 0 Å². The number of benzene rings is 5. The molecule has 0 heterocycles. The van der Waals surface area contributed by atoms with E-state index in [1.54, 1.807) is 97.1 Å². The van der Waals surface area contributed by atoms with Gasteiger partial charge in [0.2, 0.25) is 5.91 Å². The van der Waals surface area contributed by atoms with E-state index in [4.69, 9.17) is 23.2 Å². The summed E-state index contributed by atoms with van der Waals surface area (Å²) >= 11 is 13.4. The van der Waals surface area contributed by atoms with Crippen LogP contribution in [0.25, 0.3) is 6.08 Å². The highest BCUT2D eigenvalue weighted by Gasteiger charge is 2.23. The summed E-state index contributed by atoms with van der Waals surface area (Å²) < 4.78 is 0. The van der Waals surface area contributed by atoms with Crippen LogP contribution in [-0.2, 0) is 9.59 Å². The van der Waals surface area contributed by atoms with Crippen LogP contribution in [0.2, 0.25) is 10.0 Å². The lowest BCUT2D eigenvalue weighted by molar-refractivity contribution is -0.116. The molecule has 0 saturated heterocycles. The fourth-order valence-corrected chi connectivity index (χ4v) is 5.63. The van der Waals surface area contributed by atoms with E-state index in [9.17, 15) is 14.4 Å². The Bertz CT molecular complexity index is 1810. The molecule has 0 spiro atoms. The molecule has 224 valence electrons. The Morgan fingerprint density at radius 3 is 1.93 bits per heavy atom. The molecular formula is C36H27Cl2N3O3S. The van der Waals surface area contributed by atoms with Crippen molar-refractivity contribution in [1.82, 2.24) is 5.32 Å². The third-order valence-electron chi connectivity index (χ3n) is 6.51. The van der Waals surface area contributed by atoms with Gasteiger partial charge in [-0.1, -0.05) is 89.9 Å². The van der Waals surface area contributed by atoms with Gasteiger partial charge in [-0.15, -0.1) is 11.8 Å². The number of amides is 3. The van der Waals surface area contributed by atoms with Crippen LogP contribution in [0.5, 0.6) is 0 Å². The molecule has 5 rings (SSSR count). The van der Waals surface area contributed by atoms with Gasteiger partial charge in [0.1, 0.15) is 10.9 Å². The number of carbonyl (C=O) groups is 3. The Kier molecular flexibility index (Phi) is 10.7. The molecule has 0 aliphatic rings. The maximum atomic E-state index is 13.5. The average Bonchev–Trinajstić information content (AvgIpc) is 3.06. The number of hydrogen-bond acceptors (Lipinski definition) is 4. The van der Waals surface area contributed by atoms with Crippen molar-refractivity contribution in [2.75, 3.05) is 10.6 Å². The second kappa shape index (κ2) is 15.3. The van der Waals surface area contributed by atoms with E-state index in [1.165, 1.54) is 11.8 Å². The molecule has 0 fully saturated rings. The van der Waals surface area contributed by atoms with Crippen LogP contribution in [0.3, 0.4) is 0 Å². The molecular weight excluding hydrogens is 625 g/mol. The second-order valence-corrected chi connectivity index (χ2v) is 11.9. The van der Waals surface area contributed by atoms with Crippen molar-refractivity contribution in [1.29, 1.82) is 0 Å². The van der Waals surface area contributed by atoms with Gasteiger partial charge < -0.3 is 16.0 Å². The summed E-state index contributed by atoms with van der Waals surface area (Å²) in [6.45, 7) is 0. The van der Waals surface area contributed by atoms with E-state index in [0.29, 0.717) is 32.5 Å². The Labute approximate surface area is 275 Å². The van der Waals surface area contributed by atoms with Crippen molar-refractivity contribution in [2.24, 2.45) is 0 Å². The number of nitrogens with one attached hydrogen (secondary N) is 3. The number of carbonyl (C=O) groups excluding carboxylic acids is 3. The lowest BCUT2D eigenvalue weighted by Gasteiger charge is -2.18. The first kappa shape index (κ1) is 31.6. The van der Waals surface area contributed by atoms with Crippen LogP contribution in [0.1, 0.15) is 26.7 Å². The molecule has 0 aromatic heterocycles. The van der Waals surface area contributed by atoms with Crippen LogP contribution < -0.4 is 16.0 Å². The number of thioether (sulfide) groups is 1. The molecule has 0 radical (unpaired) electrons. The van der Waals surface area contributed by atoms with Crippen LogP contribution in [0.15, 0.2) is 144 Å². The van der Waals surface area contributed by atoms with Crippen molar-refractivity contribution in [2.45, 2.75) is 10.1 Å². The minimum absolute atomic E-state index is 0.0498. The quantitative estimate of drug-likeness (QED) is 0.104. The highest BCUT2D eigenvalue weighted by atomic mass is 35.5. The normalized spacial score (nSPS) is 11.7. The summed E-state index contributed by atoms with van der Waals surface area (Å²) in [6, 6.07) is 39.1. The first-order valence-electron chi connectivity index (χ1n) is 13.9. The molecule has 9 heteroatoms. The summed E-state index contributed by atoms with van der Waals surface area (Å²) in [6.07, 6.45) is 1.58. The maximum absolute atomic E-state index is 13.5. The maximum Gasteiger partial charge on any atom is 0.272 e. The zero-order valence-electron chi connectivity index (χ0n) is 23.7. The lowest BCUT2D eigenvalue weighted by atomic mass is 10.1. The molecule has 0 aliphatic heterocycles. The molecule has 5 aromatic carbocycles. The summed E-state index contributed by atoms with van der Waals surface area (Å²) in [5.74, 6) is -1.15. The van der Waals surface area contributed by atoms with E-state index < -0.39 is 17.1 Å². The predicted molar refractivity (Wildman–Crippen MR) is 184 cm³/mol. The highest BCUT2D eigenvalue weighted by molar-refractivity contribution is 8.00. The topological polar surface area (TPSA) is 87.3 Å². The number of hydrogen-bond donors (Lipinski definition) is 3. The minimum Gasteiger partial charge on any atom is -0.325 e. The zero-order valence-corrected chi connectivity index (χ0v) is 26.1. The molecule has 1 unspecified atom stereocenters. The predicted octanol–water partition coefficient (Wildman–Crippen LogP) is 8.88. The van der Waals surface area contributed by atoms with Gasteiger partial charge in [-0.3, -0.25) is 14.4 Å². The summed E-state index contributed by atoms with van der Waals surface area (Å²) in [4.78, 5) is 40.7. The summed E-state index contributed by atoms with van der Waals surface area (Å²) in [7, 11) is 0. The van der Waals surface area contributed by atoms with E-state index >= 15 is 0 Å². The smallest absolute Gasteiger partial charge is 0.272 e.